The summed E-state index contributed by atoms with van der Waals surface area (Å²) in [7, 11) is 3.88. The smallest absolute Gasteiger partial charge is 0.287 e. The van der Waals surface area contributed by atoms with Crippen molar-refractivity contribution in [3.63, 3.8) is 0 Å². The molecule has 0 aliphatic heterocycles. The molecule has 1 heterocycles. The third-order valence-electron chi connectivity index (χ3n) is 4.55. The fourth-order valence-electron chi connectivity index (χ4n) is 2.72. The summed E-state index contributed by atoms with van der Waals surface area (Å²) in [6.07, 6.45) is 2.48. The van der Waals surface area contributed by atoms with Gasteiger partial charge in [0, 0.05) is 39.3 Å². The highest BCUT2D eigenvalue weighted by Gasteiger charge is 2.10. The van der Waals surface area contributed by atoms with Gasteiger partial charge in [-0.2, -0.15) is 0 Å². The van der Waals surface area contributed by atoms with E-state index in [0.717, 1.165) is 25.5 Å². The Bertz CT molecular complexity index is 716. The quantitative estimate of drug-likeness (QED) is 0.331. The number of aliphatic imine (C=N–C) groups is 1. The fraction of sp³-hybridized carbons (Fsp3) is 0.429. The lowest BCUT2D eigenvalue weighted by Crippen LogP contribution is -2.43. The van der Waals surface area contributed by atoms with Gasteiger partial charge < -0.3 is 20.4 Å². The minimum atomic E-state index is -0.218. The summed E-state index contributed by atoms with van der Waals surface area (Å²) in [5.74, 6) is 0.825. The molecule has 3 N–H and O–H groups in total. The Kier molecular flexibility index (Phi) is 9.07. The van der Waals surface area contributed by atoms with E-state index in [9.17, 15) is 4.79 Å². The average molecular weight is 386 g/mol. The summed E-state index contributed by atoms with van der Waals surface area (Å²) in [6.45, 7) is 5.04. The van der Waals surface area contributed by atoms with E-state index in [2.05, 4.69) is 64.1 Å². The Morgan fingerprint density at radius 3 is 2.46 bits per heavy atom. The standard InChI is InChI=1S/C21H31N5O2/c1-17(26(3)16-18-8-5-4-6-9-18)11-12-24-21(22-2)25-14-13-23-20(27)19-10-7-15-28-19/h4-10,15,17H,11-14,16H2,1-3H3,(H,23,27)(H2,22,24,25). The molecule has 0 bridgehead atoms. The topological polar surface area (TPSA) is 81.9 Å². The molecule has 0 spiro atoms. The molecule has 1 aromatic carbocycles. The van der Waals surface area contributed by atoms with E-state index in [1.54, 1.807) is 19.2 Å². The summed E-state index contributed by atoms with van der Waals surface area (Å²) >= 11 is 0. The molecular weight excluding hydrogens is 354 g/mol. The predicted molar refractivity (Wildman–Crippen MR) is 112 cm³/mol. The molecule has 0 saturated heterocycles. The van der Waals surface area contributed by atoms with Gasteiger partial charge in [0.1, 0.15) is 0 Å². The Morgan fingerprint density at radius 1 is 1.07 bits per heavy atom. The molecular formula is C21H31N5O2. The van der Waals surface area contributed by atoms with E-state index < -0.39 is 0 Å². The molecule has 1 aromatic heterocycles. The molecule has 0 fully saturated rings. The van der Waals surface area contributed by atoms with Crippen LogP contribution in [0.15, 0.2) is 58.1 Å². The molecule has 0 aliphatic carbocycles. The van der Waals surface area contributed by atoms with Crippen molar-refractivity contribution in [2.24, 2.45) is 4.99 Å². The molecule has 7 nitrogen and oxygen atoms in total. The van der Waals surface area contributed by atoms with Gasteiger partial charge in [0.05, 0.1) is 6.26 Å². The number of amides is 1. The first kappa shape index (κ1) is 21.5. The van der Waals surface area contributed by atoms with Crippen LogP contribution in [0, 0.1) is 0 Å². The van der Waals surface area contributed by atoms with Crippen LogP contribution in [0.4, 0.5) is 0 Å². The number of benzene rings is 1. The number of carbonyl (C=O) groups excluding carboxylic acids is 1. The van der Waals surface area contributed by atoms with Gasteiger partial charge in [0.2, 0.25) is 0 Å². The first-order valence-corrected chi connectivity index (χ1v) is 9.60. The van der Waals surface area contributed by atoms with Crippen LogP contribution < -0.4 is 16.0 Å². The third kappa shape index (κ3) is 7.44. The van der Waals surface area contributed by atoms with Crippen molar-refractivity contribution in [2.75, 3.05) is 33.7 Å². The lowest BCUT2D eigenvalue weighted by atomic mass is 10.1. The number of carbonyl (C=O) groups is 1. The molecule has 0 radical (unpaired) electrons. The Morgan fingerprint density at radius 2 is 1.79 bits per heavy atom. The van der Waals surface area contributed by atoms with Crippen LogP contribution in [0.3, 0.4) is 0 Å². The van der Waals surface area contributed by atoms with Gasteiger partial charge in [0.15, 0.2) is 11.7 Å². The summed E-state index contributed by atoms with van der Waals surface area (Å²) < 4.78 is 5.05. The van der Waals surface area contributed by atoms with Crippen LogP contribution >= 0.6 is 0 Å². The van der Waals surface area contributed by atoms with Gasteiger partial charge in [-0.15, -0.1) is 0 Å². The number of nitrogens with zero attached hydrogens (tertiary/aromatic N) is 2. The molecule has 0 aliphatic rings. The molecule has 7 heteroatoms. The molecule has 2 rings (SSSR count). The van der Waals surface area contributed by atoms with E-state index in [4.69, 9.17) is 4.42 Å². The highest BCUT2D eigenvalue weighted by molar-refractivity contribution is 5.91. The van der Waals surface area contributed by atoms with Gasteiger partial charge in [-0.25, -0.2) is 0 Å². The molecule has 0 saturated carbocycles. The van der Waals surface area contributed by atoms with E-state index in [-0.39, 0.29) is 5.91 Å². The fourth-order valence-corrected chi connectivity index (χ4v) is 2.72. The highest BCUT2D eigenvalue weighted by atomic mass is 16.3. The Balaban J connectivity index is 1.60. The van der Waals surface area contributed by atoms with Crippen molar-refractivity contribution in [3.8, 4) is 0 Å². The average Bonchev–Trinajstić information content (AvgIpc) is 3.25. The van der Waals surface area contributed by atoms with Gasteiger partial charge in [0.25, 0.3) is 5.91 Å². The van der Waals surface area contributed by atoms with E-state index in [0.29, 0.717) is 24.9 Å². The number of hydrogen-bond acceptors (Lipinski definition) is 4. The maximum Gasteiger partial charge on any atom is 0.287 e. The zero-order chi connectivity index (χ0) is 20.2. The van der Waals surface area contributed by atoms with Crippen LogP contribution in [0.25, 0.3) is 0 Å². The monoisotopic (exact) mass is 385 g/mol. The molecule has 1 unspecified atom stereocenters. The largest absolute Gasteiger partial charge is 0.459 e. The van der Waals surface area contributed by atoms with E-state index in [1.165, 1.54) is 11.8 Å². The summed E-state index contributed by atoms with van der Waals surface area (Å²) in [5, 5.41) is 9.30. The van der Waals surface area contributed by atoms with E-state index in [1.807, 2.05) is 6.07 Å². The zero-order valence-electron chi connectivity index (χ0n) is 16.9. The van der Waals surface area contributed by atoms with Crippen LogP contribution in [-0.4, -0.2) is 56.5 Å². The Labute approximate surface area is 167 Å². The maximum atomic E-state index is 11.8. The summed E-state index contributed by atoms with van der Waals surface area (Å²) in [5.41, 5.74) is 1.32. The molecule has 1 amide bonds. The maximum absolute atomic E-state index is 11.8. The number of rotatable bonds is 10. The van der Waals surface area contributed by atoms with Crippen LogP contribution in [-0.2, 0) is 6.54 Å². The molecule has 1 atom stereocenters. The van der Waals surface area contributed by atoms with Crippen LogP contribution in [0.5, 0.6) is 0 Å². The van der Waals surface area contributed by atoms with Crippen molar-refractivity contribution in [1.29, 1.82) is 0 Å². The number of nitrogens with one attached hydrogen (secondary N) is 3. The van der Waals surface area contributed by atoms with Gasteiger partial charge >= 0.3 is 0 Å². The zero-order valence-corrected chi connectivity index (χ0v) is 16.9. The van der Waals surface area contributed by atoms with Crippen molar-refractivity contribution < 1.29 is 9.21 Å². The third-order valence-corrected chi connectivity index (χ3v) is 4.55. The SMILES string of the molecule is CN=C(NCCNC(=O)c1ccco1)NCCC(C)N(C)Cc1ccccc1. The minimum Gasteiger partial charge on any atom is -0.459 e. The number of furan rings is 1. The summed E-state index contributed by atoms with van der Waals surface area (Å²) in [6, 6.07) is 14.3. The van der Waals surface area contributed by atoms with Crippen molar-refractivity contribution in [3.05, 3.63) is 60.1 Å². The number of hydrogen-bond donors (Lipinski definition) is 3. The molecule has 2 aromatic rings. The van der Waals surface area contributed by atoms with Crippen LogP contribution in [0.1, 0.15) is 29.5 Å². The first-order valence-electron chi connectivity index (χ1n) is 9.60. The normalized spacial score (nSPS) is 12.6. The van der Waals surface area contributed by atoms with Crippen molar-refractivity contribution in [2.45, 2.75) is 25.9 Å². The second-order valence-corrected chi connectivity index (χ2v) is 6.70. The second kappa shape index (κ2) is 11.8. The van der Waals surface area contributed by atoms with Crippen molar-refractivity contribution in [1.82, 2.24) is 20.9 Å². The second-order valence-electron chi connectivity index (χ2n) is 6.70. The minimum absolute atomic E-state index is 0.218. The predicted octanol–water partition coefficient (Wildman–Crippen LogP) is 2.08. The van der Waals surface area contributed by atoms with Crippen LogP contribution in [0.2, 0.25) is 0 Å². The summed E-state index contributed by atoms with van der Waals surface area (Å²) in [4.78, 5) is 18.3. The molecule has 28 heavy (non-hydrogen) atoms. The van der Waals surface area contributed by atoms with E-state index >= 15 is 0 Å². The lowest BCUT2D eigenvalue weighted by Gasteiger charge is -2.25. The highest BCUT2D eigenvalue weighted by Crippen LogP contribution is 2.07. The van der Waals surface area contributed by atoms with Crippen molar-refractivity contribution >= 4 is 11.9 Å². The molecule has 152 valence electrons. The number of guanidine groups is 1. The van der Waals surface area contributed by atoms with Gasteiger partial charge in [-0.1, -0.05) is 30.3 Å². The lowest BCUT2D eigenvalue weighted by molar-refractivity contribution is 0.0926. The van der Waals surface area contributed by atoms with Gasteiger partial charge in [-0.05, 0) is 38.1 Å². The first-order chi connectivity index (χ1) is 13.6. The Hall–Kier alpha value is -2.80. The van der Waals surface area contributed by atoms with Gasteiger partial charge in [-0.3, -0.25) is 14.7 Å².